The van der Waals surface area contributed by atoms with Crippen LogP contribution in [0.2, 0.25) is 15.1 Å². The molecule has 12 N–H and O–H groups in total. The molecule has 36 nitrogen and oxygen atoms in total. The Bertz CT molecular complexity index is 5500. The van der Waals surface area contributed by atoms with Crippen LogP contribution in [0, 0.1) is 6.92 Å². The fourth-order valence-electron chi connectivity index (χ4n) is 12.5. The van der Waals surface area contributed by atoms with E-state index in [1.807, 2.05) is 112 Å². The average molecular weight is 2120 g/mol. The van der Waals surface area contributed by atoms with E-state index >= 15 is 0 Å². The number of aldehydes is 1. The molecule has 4 aliphatic heterocycles. The summed E-state index contributed by atoms with van der Waals surface area (Å²) in [4.78, 5) is 80.7. The number of alkyl halides is 5. The SMILES string of the molecule is C.CC1(N)CCN(c2ncc(Sc3ccnc(N)c3Cl)c3nncn23)CC1.CC1(NC(=O)OC(C)(C)C)CCN(c2ncc(Br)c3nncn23)CC1.CC1(NC(=O)OC(C)(C)C)CCN(c2ncc(Sc3cccc(N)c3Cl)c3nncn23)CC1.CC1(NC(=O)OC(C)(C)C)CCNCC1.Cc1ncc(Br)c2nncn12.ClCCl.Nc1nccc([S-])c1Cl.O=CC(F)(F)F.[K+]. The van der Waals surface area contributed by atoms with Gasteiger partial charge in [-0.25, -0.2) is 57.5 Å². The zero-order chi connectivity index (χ0) is 94.5. The Labute approximate surface area is 850 Å². The minimum absolute atomic E-state index is 0. The maximum absolute atomic E-state index is 12.3. The van der Waals surface area contributed by atoms with Crippen molar-refractivity contribution in [1.82, 2.24) is 110 Å². The number of aryl methyl sites for hydroxylation is 1. The minimum atomic E-state index is -4.64. The van der Waals surface area contributed by atoms with Crippen LogP contribution >= 0.6 is 113 Å². The number of aromatic nitrogens is 18. The Morgan fingerprint density at radius 1 is 0.523 bits per heavy atom. The number of anilines is 6. The molecular weight excluding hydrogens is 2010 g/mol. The molecule has 1 aromatic carbocycles. The van der Waals surface area contributed by atoms with Crippen molar-refractivity contribution in [2.24, 2.45) is 5.73 Å². The largest absolute Gasteiger partial charge is 1.00 e. The fraction of sp³-hybridized carbons (Fsp3) is 0.500. The second-order valence-electron chi connectivity index (χ2n) is 33.6. The minimum Gasteiger partial charge on any atom is -0.778 e. The van der Waals surface area contributed by atoms with Crippen LogP contribution in [-0.2, 0) is 31.6 Å². The molecule has 0 bridgehead atoms. The van der Waals surface area contributed by atoms with E-state index in [2.05, 4.69) is 154 Å². The van der Waals surface area contributed by atoms with Crippen molar-refractivity contribution in [3.8, 4) is 0 Å². The van der Waals surface area contributed by atoms with E-state index in [-0.39, 0.29) is 105 Å². The van der Waals surface area contributed by atoms with Gasteiger partial charge in [-0.1, -0.05) is 77.9 Å². The van der Waals surface area contributed by atoms with Gasteiger partial charge in [0, 0.05) is 108 Å². The summed E-state index contributed by atoms with van der Waals surface area (Å²) in [5.74, 6) is 3.87. The van der Waals surface area contributed by atoms with Crippen LogP contribution in [0.4, 0.5) is 62.7 Å². The molecule has 4 aliphatic rings. The van der Waals surface area contributed by atoms with Gasteiger partial charge >= 0.3 is 75.8 Å². The van der Waals surface area contributed by atoms with Gasteiger partial charge in [-0.15, -0.1) is 64.0 Å². The molecule has 10 aromatic heterocycles. The van der Waals surface area contributed by atoms with Crippen LogP contribution in [-0.4, -0.2) is 216 Å². The van der Waals surface area contributed by atoms with Crippen molar-refractivity contribution in [3.63, 3.8) is 0 Å². The molecule has 0 spiro atoms. The predicted molar refractivity (Wildman–Crippen MR) is 508 cm³/mol. The van der Waals surface area contributed by atoms with Gasteiger partial charge < -0.3 is 85.7 Å². The van der Waals surface area contributed by atoms with Crippen LogP contribution in [0.25, 0.3) is 22.6 Å². The molecule has 4 fully saturated rings. The van der Waals surface area contributed by atoms with Gasteiger partial charge in [0.15, 0.2) is 22.6 Å². The van der Waals surface area contributed by atoms with Crippen molar-refractivity contribution in [1.29, 1.82) is 0 Å². The van der Waals surface area contributed by atoms with Crippen LogP contribution in [0.1, 0.15) is 155 Å². The number of piperidine rings is 4. The molecule has 0 radical (unpaired) electrons. The molecule has 3 amide bonds. The molecule has 50 heteroatoms. The van der Waals surface area contributed by atoms with Crippen molar-refractivity contribution in [2.75, 3.05) is 89.6 Å². The van der Waals surface area contributed by atoms with E-state index in [9.17, 15) is 27.6 Å². The van der Waals surface area contributed by atoms with Crippen LogP contribution in [0.5, 0.6) is 0 Å². The Kier molecular flexibility index (Phi) is 42.2. The molecule has 4 saturated heterocycles. The van der Waals surface area contributed by atoms with Gasteiger partial charge in [0.2, 0.25) is 24.1 Å². The summed E-state index contributed by atoms with van der Waals surface area (Å²) < 4.78 is 56.4. The molecule has 15 rings (SSSR count). The number of nitrogens with two attached hydrogens (primary N) is 4. The van der Waals surface area contributed by atoms with Crippen LogP contribution in [0.3, 0.4) is 0 Å². The van der Waals surface area contributed by atoms with Gasteiger partial charge in [-0.2, -0.15) is 18.1 Å². The number of nitrogens with one attached hydrogen (secondary N) is 4. The molecule has 14 heterocycles. The molecule has 0 aliphatic carbocycles. The number of rotatable bonds is 10. The first-order valence-electron chi connectivity index (χ1n) is 39.8. The van der Waals surface area contributed by atoms with E-state index < -0.39 is 29.3 Å². The van der Waals surface area contributed by atoms with E-state index in [0.717, 1.165) is 173 Å². The number of halogens is 10. The number of hydrogen-bond donors (Lipinski definition) is 8. The zero-order valence-electron chi connectivity index (χ0n) is 73.8. The number of pyridine rings is 2. The Balaban J connectivity index is 0.000000245. The van der Waals surface area contributed by atoms with Gasteiger partial charge in [0.05, 0.1) is 44.8 Å². The van der Waals surface area contributed by atoms with Gasteiger partial charge in [-0.3, -0.25) is 9.20 Å². The van der Waals surface area contributed by atoms with E-state index in [4.69, 9.17) is 118 Å². The quantitative estimate of drug-likeness (QED) is 0.0157. The number of carbonyl (C=O) groups is 4. The van der Waals surface area contributed by atoms with Crippen LogP contribution in [0.15, 0.2) is 126 Å². The fourth-order valence-corrected chi connectivity index (χ4v) is 15.8. The number of nitrogen functional groups attached to an aromatic ring is 3. The number of alkyl carbamates (subject to hydrolysis) is 3. The Morgan fingerprint density at radius 3 is 1.25 bits per heavy atom. The van der Waals surface area contributed by atoms with E-state index in [0.29, 0.717) is 42.9 Å². The smallest absolute Gasteiger partial charge is 0.778 e. The number of carbonyl (C=O) groups excluding carboxylic acids is 4. The zero-order valence-corrected chi connectivity index (χ0v) is 86.3. The number of hydrogen-bond acceptors (Lipinski definition) is 32. The predicted octanol–water partition coefficient (Wildman–Crippen LogP) is 13.3. The summed E-state index contributed by atoms with van der Waals surface area (Å²) in [7, 11) is 0. The molecular formula is C80H108Br2Cl5F3KN29O7S3. The second-order valence-corrected chi connectivity index (χ2v) is 39.8. The maximum atomic E-state index is 12.3. The monoisotopic (exact) mass is 2110 g/mol. The molecule has 704 valence electrons. The summed E-state index contributed by atoms with van der Waals surface area (Å²) >= 11 is 42.2. The third-order valence-electron chi connectivity index (χ3n) is 19.2. The van der Waals surface area contributed by atoms with Crippen molar-refractivity contribution in [2.45, 2.75) is 225 Å². The van der Waals surface area contributed by atoms with Gasteiger partial charge in [-0.05, 0) is 211 Å². The summed E-state index contributed by atoms with van der Waals surface area (Å²) in [6.45, 7) is 33.5. The summed E-state index contributed by atoms with van der Waals surface area (Å²) in [6, 6.07) is 8.99. The average Bonchev–Trinajstić information content (AvgIpc) is 1.56. The number of fused-ring (bicyclic) bond motifs is 4. The normalized spacial score (nSPS) is 15.5. The Hall–Kier alpha value is -7.32. The first-order valence-corrected chi connectivity index (χ1v) is 45.6. The third-order valence-corrected chi connectivity index (χ3v) is 24.4. The molecule has 0 atom stereocenters. The van der Waals surface area contributed by atoms with Crippen molar-refractivity contribution >= 4 is 208 Å². The van der Waals surface area contributed by atoms with Crippen LogP contribution < -0.4 is 110 Å². The second kappa shape index (κ2) is 49.3. The van der Waals surface area contributed by atoms with Gasteiger partial charge in [0.25, 0.3) is 0 Å². The van der Waals surface area contributed by atoms with Gasteiger partial charge in [0.1, 0.15) is 59.6 Å². The van der Waals surface area contributed by atoms with E-state index in [1.165, 1.54) is 29.7 Å². The Morgan fingerprint density at radius 2 is 0.862 bits per heavy atom. The standard InChI is InChI=1S/C22H28ClN7O2S.C16H23BrN6O2.C16H19ClN8S.C11H22N2O2.C6H5BrN4.C5H5ClN2S.C2HF3O.CH2Cl2.CH4.K/c1-21(2,3)32-20(31)27-22(4)8-10-29(11-9-22)19-25-12-16(18-28-26-13-30(18)19)33-15-7-5-6-14(24)17(15)23;1-15(2,3)25-14(24)20-16(4)5-7-22(8-6-16)13-18-9-11(17)12-21-19-10-23(12)13;1-16(19)3-6-24(7-4-16)15-21-8-11(14-23-22-9-25(14)15)26-10-2-5-20-13(18)12(10)17;1-10(2,3)15-9(14)13-11(4)5-7-12-8-6-11;1-4-8-2-5(7)6-10-9-3-11(4)6;6-4-3(9)1-2-8-5(4)7;3-2(4,5)1-6;2-1-3;;/h5-7,12-13H,8-11,24H2,1-4H3,(H,27,31);9-10H,5-8H2,1-4H3,(H,20,24);2,5,8-9H,3-4,6-7,19H2,1H3,(H2,18,20);12H,5-8H2,1-4H3,(H,13,14);2-3H,1H3;1-2H,(H3,7,8,9);1H;1H2;1H4;/q;;;;;;;;;+1/p-1. The summed E-state index contributed by atoms with van der Waals surface area (Å²) in [5.41, 5.74) is 24.5. The first kappa shape index (κ1) is 111. The number of benzene rings is 1. The molecule has 0 saturated carbocycles. The van der Waals surface area contributed by atoms with E-state index in [1.54, 1.807) is 68.4 Å². The molecule has 0 unspecified atom stereocenters. The number of nitrogens with zero attached hydrogens (tertiary/aromatic N) is 21. The summed E-state index contributed by atoms with van der Waals surface area (Å²) in [5, 5.41) is 46.2. The first-order chi connectivity index (χ1) is 59.9. The molecule has 130 heavy (non-hydrogen) atoms. The third kappa shape index (κ3) is 33.9. The number of amides is 3. The summed E-state index contributed by atoms with van der Waals surface area (Å²) in [6.07, 6.45) is 16.9. The van der Waals surface area contributed by atoms with Crippen molar-refractivity contribution in [3.05, 3.63) is 123 Å². The number of ether oxygens (including phenoxy) is 3. The maximum Gasteiger partial charge on any atom is 1.00 e. The topological polar surface area (TPSA) is 456 Å². The van der Waals surface area contributed by atoms with Crippen molar-refractivity contribution < 1.29 is 97.9 Å². The molecule has 11 aromatic rings.